The predicted molar refractivity (Wildman–Crippen MR) is 192 cm³/mol. The molecule has 0 aliphatic heterocycles. The summed E-state index contributed by atoms with van der Waals surface area (Å²) in [5.41, 5.74) is 16.7. The number of hydrogen-bond acceptors (Lipinski definition) is 1. The molecule has 2 aliphatic rings. The molecular formula is C45H27NO. The second-order valence-electron chi connectivity index (χ2n) is 12.8. The van der Waals surface area contributed by atoms with Crippen molar-refractivity contribution in [2.24, 2.45) is 0 Å². The maximum atomic E-state index is 6.48. The van der Waals surface area contributed by atoms with Crippen LogP contribution in [0.3, 0.4) is 0 Å². The summed E-state index contributed by atoms with van der Waals surface area (Å²) in [6.45, 7) is 0. The van der Waals surface area contributed by atoms with Crippen molar-refractivity contribution in [1.29, 1.82) is 0 Å². The van der Waals surface area contributed by atoms with Gasteiger partial charge in [-0.05, 0) is 57.6 Å². The quantitative estimate of drug-likeness (QED) is 0.194. The Kier molecular flexibility index (Phi) is 4.80. The molecular weight excluding hydrogens is 571 g/mol. The Hall–Kier alpha value is -6.12. The molecule has 1 spiro atoms. The van der Waals surface area contributed by atoms with Gasteiger partial charge in [0.15, 0.2) is 0 Å². The number of fused-ring (bicyclic) bond motifs is 15. The summed E-state index contributed by atoms with van der Waals surface area (Å²) in [7, 11) is 0. The largest absolute Gasteiger partial charge is 0.455 e. The molecule has 47 heavy (non-hydrogen) atoms. The lowest BCUT2D eigenvalue weighted by Crippen LogP contribution is -2.25. The highest BCUT2D eigenvalue weighted by molar-refractivity contribution is 6.10. The van der Waals surface area contributed by atoms with E-state index in [9.17, 15) is 0 Å². The van der Waals surface area contributed by atoms with Gasteiger partial charge in [-0.3, -0.25) is 0 Å². The Morgan fingerprint density at radius 3 is 1.81 bits per heavy atom. The molecule has 0 amide bonds. The van der Waals surface area contributed by atoms with Gasteiger partial charge in [0.25, 0.3) is 0 Å². The van der Waals surface area contributed by atoms with Crippen molar-refractivity contribution in [2.75, 3.05) is 0 Å². The third kappa shape index (κ3) is 3.05. The minimum absolute atomic E-state index is 0.401. The molecule has 2 aromatic heterocycles. The van der Waals surface area contributed by atoms with Gasteiger partial charge in [0.05, 0.1) is 16.6 Å². The zero-order chi connectivity index (χ0) is 30.7. The molecule has 0 radical (unpaired) electrons. The number of para-hydroxylation sites is 3. The first-order chi connectivity index (χ1) is 23.3. The van der Waals surface area contributed by atoms with Gasteiger partial charge < -0.3 is 8.98 Å². The highest BCUT2D eigenvalue weighted by Gasteiger charge is 2.54. The lowest BCUT2D eigenvalue weighted by molar-refractivity contribution is 0.670. The second kappa shape index (κ2) is 8.99. The summed E-state index contributed by atoms with van der Waals surface area (Å²) in [4.78, 5) is 0. The average molecular weight is 598 g/mol. The summed E-state index contributed by atoms with van der Waals surface area (Å²) in [5.74, 6) is 0. The fourth-order valence-corrected chi connectivity index (χ4v) is 8.88. The van der Waals surface area contributed by atoms with Crippen LogP contribution in [-0.4, -0.2) is 4.57 Å². The number of nitrogens with zero attached hydrogens (tertiary/aromatic N) is 1. The lowest BCUT2D eigenvalue weighted by atomic mass is 9.70. The highest BCUT2D eigenvalue weighted by atomic mass is 16.3. The number of benzene rings is 7. The van der Waals surface area contributed by atoms with Crippen molar-refractivity contribution in [3.63, 3.8) is 0 Å². The van der Waals surface area contributed by atoms with Gasteiger partial charge >= 0.3 is 0 Å². The molecule has 2 heterocycles. The molecule has 0 saturated heterocycles. The Morgan fingerprint density at radius 1 is 0.447 bits per heavy atom. The molecule has 0 saturated carbocycles. The van der Waals surface area contributed by atoms with Crippen LogP contribution in [0.4, 0.5) is 0 Å². The zero-order valence-corrected chi connectivity index (χ0v) is 25.4. The maximum absolute atomic E-state index is 6.48. The third-order valence-electron chi connectivity index (χ3n) is 10.6. The molecule has 2 heteroatoms. The summed E-state index contributed by atoms with van der Waals surface area (Å²) in [6, 6.07) is 59.8. The molecule has 0 bridgehead atoms. The van der Waals surface area contributed by atoms with Gasteiger partial charge in [0, 0.05) is 38.5 Å². The van der Waals surface area contributed by atoms with E-state index in [1.165, 1.54) is 55.5 Å². The van der Waals surface area contributed by atoms with Crippen molar-refractivity contribution in [1.82, 2.24) is 4.57 Å². The first kappa shape index (κ1) is 25.1. The molecule has 2 aliphatic carbocycles. The van der Waals surface area contributed by atoms with Gasteiger partial charge in [0.2, 0.25) is 0 Å². The summed E-state index contributed by atoms with van der Waals surface area (Å²) in [5, 5.41) is 3.58. The standard InChI is InChI=1S/C45H27NO/c1-6-22-37-31(15-1)32-16-2-7-23-38(32)45(37)39-24-8-3-18-35(39)43-42(45)36-19-4-9-25-40(36)46(43)29-14-11-13-28(27-29)30-20-12-21-34-33-17-5-10-26-41(33)47-44(30)34/h1-27H. The molecule has 7 aromatic carbocycles. The van der Waals surface area contributed by atoms with Crippen molar-refractivity contribution in [3.05, 3.63) is 186 Å². The van der Waals surface area contributed by atoms with E-state index < -0.39 is 5.41 Å². The lowest BCUT2D eigenvalue weighted by Gasteiger charge is -2.30. The first-order valence-corrected chi connectivity index (χ1v) is 16.3. The van der Waals surface area contributed by atoms with Gasteiger partial charge in [-0.1, -0.05) is 140 Å². The summed E-state index contributed by atoms with van der Waals surface area (Å²) in [6.07, 6.45) is 0. The van der Waals surface area contributed by atoms with Gasteiger partial charge in [-0.25, -0.2) is 0 Å². The fourth-order valence-electron chi connectivity index (χ4n) is 8.88. The van der Waals surface area contributed by atoms with Crippen LogP contribution >= 0.6 is 0 Å². The van der Waals surface area contributed by atoms with E-state index in [1.54, 1.807) is 0 Å². The molecule has 0 N–H and O–H groups in total. The van der Waals surface area contributed by atoms with Crippen LogP contribution in [-0.2, 0) is 5.41 Å². The van der Waals surface area contributed by atoms with E-state index in [4.69, 9.17) is 4.42 Å². The van der Waals surface area contributed by atoms with E-state index in [-0.39, 0.29) is 0 Å². The van der Waals surface area contributed by atoms with Crippen LogP contribution in [0.2, 0.25) is 0 Å². The number of hydrogen-bond donors (Lipinski definition) is 0. The second-order valence-corrected chi connectivity index (χ2v) is 12.8. The minimum atomic E-state index is -0.401. The fraction of sp³-hybridized carbons (Fsp3) is 0.0222. The molecule has 0 unspecified atom stereocenters. The predicted octanol–water partition coefficient (Wildman–Crippen LogP) is 11.5. The number of aromatic nitrogens is 1. The smallest absolute Gasteiger partial charge is 0.143 e. The van der Waals surface area contributed by atoms with E-state index in [0.29, 0.717) is 0 Å². The summed E-state index contributed by atoms with van der Waals surface area (Å²) >= 11 is 0. The van der Waals surface area contributed by atoms with Gasteiger partial charge in [0.1, 0.15) is 11.2 Å². The minimum Gasteiger partial charge on any atom is -0.455 e. The number of furan rings is 1. The summed E-state index contributed by atoms with van der Waals surface area (Å²) < 4.78 is 8.99. The van der Waals surface area contributed by atoms with Crippen molar-refractivity contribution in [3.8, 4) is 39.2 Å². The molecule has 2 nitrogen and oxygen atoms in total. The van der Waals surface area contributed by atoms with Crippen LogP contribution in [0.1, 0.15) is 22.3 Å². The van der Waals surface area contributed by atoms with E-state index in [2.05, 4.69) is 162 Å². The van der Waals surface area contributed by atoms with E-state index >= 15 is 0 Å². The first-order valence-electron chi connectivity index (χ1n) is 16.3. The monoisotopic (exact) mass is 597 g/mol. The Morgan fingerprint density at radius 2 is 1.02 bits per heavy atom. The van der Waals surface area contributed by atoms with Crippen molar-refractivity contribution < 1.29 is 4.42 Å². The molecule has 0 fully saturated rings. The van der Waals surface area contributed by atoms with Crippen LogP contribution in [0, 0.1) is 0 Å². The van der Waals surface area contributed by atoms with Crippen LogP contribution in [0.25, 0.3) is 72.0 Å². The highest BCUT2D eigenvalue weighted by Crippen LogP contribution is 2.65. The topological polar surface area (TPSA) is 18.1 Å². The van der Waals surface area contributed by atoms with Gasteiger partial charge in [-0.15, -0.1) is 0 Å². The molecule has 218 valence electrons. The molecule has 0 atom stereocenters. The van der Waals surface area contributed by atoms with Crippen LogP contribution < -0.4 is 0 Å². The van der Waals surface area contributed by atoms with Crippen molar-refractivity contribution in [2.45, 2.75) is 5.41 Å². The normalized spacial score (nSPS) is 13.7. The Bertz CT molecular complexity index is 2710. The molecule has 11 rings (SSSR count). The number of rotatable bonds is 2. The van der Waals surface area contributed by atoms with Crippen molar-refractivity contribution >= 4 is 32.8 Å². The zero-order valence-electron chi connectivity index (χ0n) is 25.4. The maximum Gasteiger partial charge on any atom is 0.143 e. The van der Waals surface area contributed by atoms with E-state index in [0.717, 1.165) is 38.8 Å². The molecule has 9 aromatic rings. The average Bonchev–Trinajstić information content (AvgIpc) is 3.85. The SMILES string of the molecule is c1cc(-c2cccc3c2oc2ccccc23)cc(-n2c3c(c4ccccc42)C2(c4ccccc4-c4ccccc42)c2ccccc2-3)c1. The van der Waals surface area contributed by atoms with Gasteiger partial charge in [-0.2, -0.15) is 0 Å². The Labute approximate surface area is 271 Å². The van der Waals surface area contributed by atoms with Crippen LogP contribution in [0.5, 0.6) is 0 Å². The van der Waals surface area contributed by atoms with E-state index in [1.807, 2.05) is 6.07 Å². The van der Waals surface area contributed by atoms with Crippen LogP contribution in [0.15, 0.2) is 168 Å². The Balaban J connectivity index is 1.24. The third-order valence-corrected chi connectivity index (χ3v) is 10.6.